The lowest BCUT2D eigenvalue weighted by molar-refractivity contribution is -0.144. The molecule has 13 heteroatoms. The van der Waals surface area contributed by atoms with Gasteiger partial charge in [0.2, 0.25) is 14.2 Å². The molecule has 2 aromatic heterocycles. The van der Waals surface area contributed by atoms with Gasteiger partial charge in [0.15, 0.2) is 5.89 Å². The smallest absolute Gasteiger partial charge is 0.261 e. The number of benzene rings is 4. The van der Waals surface area contributed by atoms with Gasteiger partial charge in [0.25, 0.3) is 16.6 Å². The molecule has 3 fully saturated rings. The van der Waals surface area contributed by atoms with Crippen LogP contribution >= 0.6 is 0 Å². The first-order chi connectivity index (χ1) is 41.4. The molecular weight excluding hydrogens is 1130 g/mol. The Kier molecular flexibility index (Phi) is 21.3. The standard InChI is InChI=1S/C74H102N2O8Si3/c1-50(2)85(51(3)4,52(5)6)84-72-55(9)68(82-71(56(72)10)54(8)43-58-47-77-57(11)75-58)39-30-40-70-76-67(49-78-70)69-46-61(83-87(74(15,16)17,65-35-26-20-27-36-65)66-37-28-21-29-38-66)45-60(81-69)44-59-41-53(7)42-62(80-59)48-79-86(73(12,13)14,63-31-22-18-23-32-63)64-33-24-19-25-34-64/h18-38,40,43,47,49-52,55-56,59-62,68-69,71-72H,7,39,41-42,44-46,48H2,1-6,8-17H3/b40-30+,54-43+/t55-,56-,59+,60+,61+,62+,68+,69+,71-,72-/m0/s1. The Morgan fingerprint density at radius 2 is 1.16 bits per heavy atom. The first kappa shape index (κ1) is 66.4. The average molecular weight is 1230 g/mol. The minimum Gasteiger partial charge on any atom is -0.449 e. The molecule has 0 spiro atoms. The van der Waals surface area contributed by atoms with Gasteiger partial charge in [0.05, 0.1) is 49.3 Å². The van der Waals surface area contributed by atoms with Crippen molar-refractivity contribution in [3.05, 3.63) is 181 Å². The number of rotatable bonds is 22. The number of hydrogen-bond acceptors (Lipinski definition) is 10. The summed E-state index contributed by atoms with van der Waals surface area (Å²) in [5, 5.41) is 4.63. The summed E-state index contributed by atoms with van der Waals surface area (Å²) in [5.41, 5.74) is 5.19. The molecule has 10 nitrogen and oxygen atoms in total. The zero-order valence-electron chi connectivity index (χ0n) is 55.3. The second-order valence-electron chi connectivity index (χ2n) is 28.5. The first-order valence-electron chi connectivity index (χ1n) is 32.4. The van der Waals surface area contributed by atoms with Crippen molar-refractivity contribution in [3.63, 3.8) is 0 Å². The van der Waals surface area contributed by atoms with E-state index in [4.69, 9.17) is 41.3 Å². The van der Waals surface area contributed by atoms with E-state index in [-0.39, 0.29) is 64.6 Å². The lowest BCUT2D eigenvalue weighted by atomic mass is 9.79. The Labute approximate surface area is 525 Å². The summed E-state index contributed by atoms with van der Waals surface area (Å²) in [4.78, 5) is 9.83. The Bertz CT molecular complexity index is 3100. The van der Waals surface area contributed by atoms with E-state index >= 15 is 0 Å². The molecule has 0 aliphatic carbocycles. The molecule has 3 aliphatic rings. The topological polar surface area (TPSA) is 107 Å². The van der Waals surface area contributed by atoms with Crippen LogP contribution in [-0.2, 0) is 27.5 Å². The fraction of sp³-hybridized carbons (Fsp3) is 0.514. The molecule has 9 rings (SSSR count). The van der Waals surface area contributed by atoms with Crippen LogP contribution in [0, 0.1) is 18.8 Å². The third-order valence-electron chi connectivity index (χ3n) is 19.4. The predicted molar refractivity (Wildman–Crippen MR) is 363 cm³/mol. The van der Waals surface area contributed by atoms with Crippen molar-refractivity contribution < 1.29 is 36.3 Å². The van der Waals surface area contributed by atoms with Crippen molar-refractivity contribution in [2.45, 2.75) is 225 Å². The molecule has 5 heterocycles. The maximum atomic E-state index is 7.99. The van der Waals surface area contributed by atoms with Crippen molar-refractivity contribution in [3.8, 4) is 0 Å². The van der Waals surface area contributed by atoms with Gasteiger partial charge in [0.1, 0.15) is 30.0 Å². The third-order valence-corrected chi connectivity index (χ3v) is 35.6. The molecule has 3 aliphatic heterocycles. The maximum absolute atomic E-state index is 7.99. The van der Waals surface area contributed by atoms with E-state index in [0.29, 0.717) is 60.7 Å². The van der Waals surface area contributed by atoms with Crippen LogP contribution in [0.15, 0.2) is 166 Å². The third kappa shape index (κ3) is 14.4. The van der Waals surface area contributed by atoms with E-state index < -0.39 is 31.1 Å². The van der Waals surface area contributed by atoms with Gasteiger partial charge in [-0.25, -0.2) is 9.97 Å². The molecule has 3 saturated heterocycles. The van der Waals surface area contributed by atoms with Gasteiger partial charge < -0.3 is 36.3 Å². The molecule has 468 valence electrons. The van der Waals surface area contributed by atoms with E-state index in [1.807, 2.05) is 13.0 Å². The van der Waals surface area contributed by atoms with Crippen LogP contribution in [0.25, 0.3) is 12.2 Å². The molecule has 0 unspecified atom stereocenters. The van der Waals surface area contributed by atoms with Crippen molar-refractivity contribution in [1.82, 2.24) is 9.97 Å². The summed E-state index contributed by atoms with van der Waals surface area (Å²) in [6.45, 7) is 42.0. The Morgan fingerprint density at radius 1 is 0.632 bits per heavy atom. The molecule has 4 aromatic carbocycles. The van der Waals surface area contributed by atoms with Crippen LogP contribution in [0.2, 0.25) is 26.7 Å². The zero-order valence-corrected chi connectivity index (χ0v) is 58.3. The van der Waals surface area contributed by atoms with Crippen LogP contribution in [0.5, 0.6) is 0 Å². The van der Waals surface area contributed by atoms with Crippen LogP contribution in [-0.4, -0.2) is 84.3 Å². The van der Waals surface area contributed by atoms with Gasteiger partial charge in [-0.1, -0.05) is 236 Å². The van der Waals surface area contributed by atoms with Crippen LogP contribution in [0.1, 0.15) is 172 Å². The first-order valence-corrected chi connectivity index (χ1v) is 38.4. The van der Waals surface area contributed by atoms with Gasteiger partial charge in [-0.15, -0.1) is 0 Å². The normalized spacial score (nSPS) is 24.9. The SMILES string of the molecule is C=C1C[C@H](C[C@@H]2C[C@@H](O[Si](c3ccccc3)(c3ccccc3)C(C)(C)C)C[C@H](c3coc(/C=C/C[C@H]4O[C@@H](/C(C)=C/c5coc(C)n5)[C@H](C)[C@@H](O[Si](C(C)C)(C(C)C)C(C)C)[C@H]4C)n3)O2)O[C@@H](CO[Si](c2ccccc2)(c2ccccc2)C(C)(C)C)C1. The number of nitrogens with zero attached hydrogens (tertiary/aromatic N) is 2. The summed E-state index contributed by atoms with van der Waals surface area (Å²) in [6, 6.07) is 43.6. The lowest BCUT2D eigenvalue weighted by Gasteiger charge is -2.52. The Morgan fingerprint density at radius 3 is 1.67 bits per heavy atom. The minimum absolute atomic E-state index is 0.00246. The van der Waals surface area contributed by atoms with Gasteiger partial charge in [-0.05, 0) is 97.8 Å². The zero-order chi connectivity index (χ0) is 62.5. The van der Waals surface area contributed by atoms with E-state index in [1.54, 1.807) is 12.5 Å². The van der Waals surface area contributed by atoms with Crippen molar-refractivity contribution in [1.29, 1.82) is 0 Å². The second-order valence-corrected chi connectivity index (χ2v) is 42.5. The van der Waals surface area contributed by atoms with E-state index in [0.717, 1.165) is 29.8 Å². The fourth-order valence-electron chi connectivity index (χ4n) is 15.5. The summed E-state index contributed by atoms with van der Waals surface area (Å²) < 4.78 is 56.9. The molecule has 0 amide bonds. The summed E-state index contributed by atoms with van der Waals surface area (Å²) >= 11 is 0. The van der Waals surface area contributed by atoms with E-state index in [2.05, 4.69) is 249 Å². The Balaban J connectivity index is 0.994. The highest BCUT2D eigenvalue weighted by Gasteiger charge is 2.55. The second kappa shape index (κ2) is 28.0. The number of aromatic nitrogens is 2. The number of ether oxygens (including phenoxy) is 3. The lowest BCUT2D eigenvalue weighted by Crippen LogP contribution is -2.68. The van der Waals surface area contributed by atoms with Crippen molar-refractivity contribution in [2.24, 2.45) is 11.8 Å². The van der Waals surface area contributed by atoms with Crippen molar-refractivity contribution in [2.75, 3.05) is 6.61 Å². The summed E-state index contributed by atoms with van der Waals surface area (Å²) in [7, 11) is -8.06. The monoisotopic (exact) mass is 1230 g/mol. The molecule has 0 bridgehead atoms. The van der Waals surface area contributed by atoms with Crippen LogP contribution < -0.4 is 20.7 Å². The van der Waals surface area contributed by atoms with E-state index in [1.165, 1.54) is 26.3 Å². The molecule has 87 heavy (non-hydrogen) atoms. The highest BCUT2D eigenvalue weighted by Crippen LogP contribution is 2.48. The van der Waals surface area contributed by atoms with E-state index in [9.17, 15) is 0 Å². The predicted octanol–water partition coefficient (Wildman–Crippen LogP) is 16.3. The largest absolute Gasteiger partial charge is 0.449 e. The average Bonchev–Trinajstić information content (AvgIpc) is 1.03. The maximum Gasteiger partial charge on any atom is 0.261 e. The van der Waals surface area contributed by atoms with Gasteiger partial charge >= 0.3 is 0 Å². The molecule has 6 aromatic rings. The van der Waals surface area contributed by atoms with Crippen LogP contribution in [0.3, 0.4) is 0 Å². The molecule has 0 saturated carbocycles. The summed E-state index contributed by atoms with van der Waals surface area (Å²) in [6.07, 6.45) is 12.6. The number of hydrogen-bond donors (Lipinski definition) is 0. The fourth-order valence-corrected chi connectivity index (χ4v) is 30.5. The number of aryl methyl sites for hydroxylation is 1. The molecule has 10 atom stereocenters. The minimum atomic E-state index is -2.98. The van der Waals surface area contributed by atoms with Gasteiger partial charge in [-0.2, -0.15) is 0 Å². The Hall–Kier alpha value is -5.07. The van der Waals surface area contributed by atoms with Gasteiger partial charge in [-0.3, -0.25) is 0 Å². The molecular formula is C74H102N2O8Si3. The molecule has 0 N–H and O–H groups in total. The molecule has 0 radical (unpaired) electrons. The highest BCUT2D eigenvalue weighted by atomic mass is 28.4. The quantitative estimate of drug-likeness (QED) is 0.0482. The van der Waals surface area contributed by atoms with Gasteiger partial charge in [0, 0.05) is 31.6 Å². The van der Waals surface area contributed by atoms with Crippen molar-refractivity contribution >= 4 is 57.9 Å². The summed E-state index contributed by atoms with van der Waals surface area (Å²) in [5.74, 6) is 1.41. The number of oxazole rings is 2. The van der Waals surface area contributed by atoms with Crippen LogP contribution in [0.4, 0.5) is 0 Å². The highest BCUT2D eigenvalue weighted by molar-refractivity contribution is 7.00.